The van der Waals surface area contributed by atoms with Gasteiger partial charge in [-0.1, -0.05) is 120 Å². The van der Waals surface area contributed by atoms with Crippen molar-refractivity contribution in [3.63, 3.8) is 0 Å². The highest BCUT2D eigenvalue weighted by Gasteiger charge is 2.36. The second kappa shape index (κ2) is 8.23. The predicted molar refractivity (Wildman–Crippen MR) is 176 cm³/mol. The first-order valence-electron chi connectivity index (χ1n) is 15.0. The molecule has 0 radical (unpaired) electrons. The summed E-state index contributed by atoms with van der Waals surface area (Å²) < 4.78 is 2.64. The Kier molecular flexibility index (Phi) is 4.95. The molecule has 0 spiro atoms. The molecule has 0 fully saturated rings. The van der Waals surface area contributed by atoms with Crippen LogP contribution in [0.3, 0.4) is 0 Å². The van der Waals surface area contributed by atoms with E-state index in [4.69, 9.17) is 0 Å². The van der Waals surface area contributed by atoms with Crippen LogP contribution in [-0.4, -0.2) is 4.57 Å². The molecule has 41 heavy (non-hydrogen) atoms. The lowest BCUT2D eigenvalue weighted by atomic mass is 9.78. The van der Waals surface area contributed by atoms with Crippen LogP contribution in [0.25, 0.3) is 55.9 Å². The molecule has 2 unspecified atom stereocenters. The summed E-state index contributed by atoms with van der Waals surface area (Å²) in [6, 6.07) is 35.1. The van der Waals surface area contributed by atoms with Gasteiger partial charge in [0.25, 0.3) is 0 Å². The van der Waals surface area contributed by atoms with Crippen LogP contribution in [0.15, 0.2) is 91.0 Å². The average molecular weight is 532 g/mol. The molecule has 0 amide bonds. The summed E-state index contributed by atoms with van der Waals surface area (Å²) in [7, 11) is 0. The lowest BCUT2D eigenvalue weighted by Crippen LogP contribution is -2.31. The minimum Gasteiger partial charge on any atom is -0.332 e. The molecular weight excluding hydrogens is 494 g/mol. The molecule has 1 aromatic heterocycles. The molecule has 6 aromatic rings. The Morgan fingerprint density at radius 1 is 0.561 bits per heavy atom. The Balaban J connectivity index is 1.48. The van der Waals surface area contributed by atoms with Crippen LogP contribution in [0.5, 0.6) is 0 Å². The summed E-state index contributed by atoms with van der Waals surface area (Å²) >= 11 is 0. The quantitative estimate of drug-likeness (QED) is 0.199. The molecule has 202 valence electrons. The van der Waals surface area contributed by atoms with Crippen molar-refractivity contribution in [3.8, 4) is 11.1 Å². The van der Waals surface area contributed by atoms with E-state index in [1.165, 1.54) is 70.8 Å². The lowest BCUT2D eigenvalue weighted by Gasteiger charge is -2.26. The molecule has 2 heterocycles. The van der Waals surface area contributed by atoms with Crippen LogP contribution in [0, 0.1) is 0 Å². The van der Waals surface area contributed by atoms with E-state index < -0.39 is 0 Å². The third-order valence-electron chi connectivity index (χ3n) is 9.52. The molecule has 5 aromatic carbocycles. The fourth-order valence-corrected chi connectivity index (χ4v) is 7.19. The van der Waals surface area contributed by atoms with Gasteiger partial charge in [-0.3, -0.25) is 0 Å². The van der Waals surface area contributed by atoms with Gasteiger partial charge >= 0.3 is 0 Å². The lowest BCUT2D eigenvalue weighted by molar-refractivity contribution is 0.569. The summed E-state index contributed by atoms with van der Waals surface area (Å²) in [5.74, 6) is 0.325. The monoisotopic (exact) mass is 531 g/mol. The van der Waals surface area contributed by atoms with Crippen molar-refractivity contribution in [1.29, 1.82) is 0 Å². The number of hydrogen-bond acceptors (Lipinski definition) is 0. The Morgan fingerprint density at radius 3 is 1.80 bits per heavy atom. The van der Waals surface area contributed by atoms with Crippen molar-refractivity contribution < 1.29 is 0 Å². The average Bonchev–Trinajstić information content (AvgIpc) is 3.44. The Hall–Kier alpha value is -4.10. The summed E-state index contributed by atoms with van der Waals surface area (Å²) in [6.07, 6.45) is 5.02. The zero-order valence-electron chi connectivity index (χ0n) is 24.9. The topological polar surface area (TPSA) is 4.93 Å². The Labute approximate surface area is 242 Å². The molecule has 0 N–H and O–H groups in total. The first-order chi connectivity index (χ1) is 19.6. The Morgan fingerprint density at radius 2 is 1.15 bits per heavy atom. The number of rotatable bonds is 1. The number of nitrogens with zero attached hydrogens (tertiary/aromatic N) is 1. The van der Waals surface area contributed by atoms with Crippen LogP contribution in [0.2, 0.25) is 0 Å². The number of aromatic nitrogens is 1. The van der Waals surface area contributed by atoms with Gasteiger partial charge in [-0.15, -0.1) is 0 Å². The van der Waals surface area contributed by atoms with Gasteiger partial charge in [0, 0.05) is 16.7 Å². The third-order valence-corrected chi connectivity index (χ3v) is 9.52. The summed E-state index contributed by atoms with van der Waals surface area (Å²) in [6.45, 7) is 14.0. The van der Waals surface area contributed by atoms with Crippen molar-refractivity contribution in [3.05, 3.63) is 118 Å². The standard InChI is InChI=1S/C40H37N/c1-39(2,3)30-15-28(16-31(23-30)40(4,5)6)29-19-34-32-17-24-11-7-9-13-26(24)21-36(32)41-37-22-27-14-10-8-12-25(27)18-33(37)35(20-29)38(34)41/h7-23,32,36H,1-6H3. The van der Waals surface area contributed by atoms with E-state index >= 15 is 0 Å². The van der Waals surface area contributed by atoms with Crippen LogP contribution in [-0.2, 0) is 10.8 Å². The summed E-state index contributed by atoms with van der Waals surface area (Å²) in [4.78, 5) is 0. The fourth-order valence-electron chi connectivity index (χ4n) is 7.19. The highest BCUT2D eigenvalue weighted by Crippen LogP contribution is 2.51. The largest absolute Gasteiger partial charge is 0.332 e. The van der Waals surface area contributed by atoms with E-state index in [2.05, 4.69) is 149 Å². The number of benzene rings is 5. The van der Waals surface area contributed by atoms with E-state index in [0.717, 1.165) is 0 Å². The van der Waals surface area contributed by atoms with E-state index in [1.807, 2.05) is 0 Å². The minimum atomic E-state index is 0.0761. The molecule has 1 nitrogen and oxygen atoms in total. The first-order valence-corrected chi connectivity index (χ1v) is 15.0. The molecule has 0 saturated heterocycles. The highest BCUT2D eigenvalue weighted by molar-refractivity contribution is 6.15. The normalized spacial score (nSPS) is 17.9. The number of fused-ring (bicyclic) bond motifs is 8. The second-order valence-electron chi connectivity index (χ2n) is 14.3. The molecule has 1 aliphatic carbocycles. The van der Waals surface area contributed by atoms with Gasteiger partial charge < -0.3 is 4.57 Å². The van der Waals surface area contributed by atoms with Gasteiger partial charge in [0.15, 0.2) is 0 Å². The third kappa shape index (κ3) is 3.68. The first kappa shape index (κ1) is 24.7. The van der Waals surface area contributed by atoms with E-state index in [-0.39, 0.29) is 16.9 Å². The fraction of sp³-hybridized carbons (Fsp3) is 0.250. The van der Waals surface area contributed by atoms with Crippen molar-refractivity contribution in [2.75, 3.05) is 0 Å². The maximum atomic E-state index is 2.64. The van der Waals surface area contributed by atoms with E-state index in [0.29, 0.717) is 5.92 Å². The van der Waals surface area contributed by atoms with Gasteiger partial charge in [0.05, 0.1) is 17.1 Å². The minimum absolute atomic E-state index is 0.0761. The number of hydrogen-bond donors (Lipinski definition) is 0. The maximum absolute atomic E-state index is 2.64. The molecule has 0 saturated carbocycles. The summed E-state index contributed by atoms with van der Waals surface area (Å²) in [5, 5.41) is 8.02. The zero-order chi connectivity index (χ0) is 28.3. The van der Waals surface area contributed by atoms with Crippen molar-refractivity contribution >= 4 is 44.7 Å². The Bertz CT molecular complexity index is 2140. The maximum Gasteiger partial charge on any atom is 0.0636 e. The van der Waals surface area contributed by atoms with Crippen LogP contribution in [0.4, 0.5) is 0 Å². The van der Waals surface area contributed by atoms with Crippen molar-refractivity contribution in [2.45, 2.75) is 64.3 Å². The molecule has 2 atom stereocenters. The molecule has 2 aliphatic rings. The molecule has 8 rings (SSSR count). The van der Waals surface area contributed by atoms with Gasteiger partial charge in [-0.25, -0.2) is 0 Å². The van der Waals surface area contributed by atoms with E-state index in [1.54, 1.807) is 0 Å². The van der Waals surface area contributed by atoms with Crippen molar-refractivity contribution in [2.24, 2.45) is 0 Å². The molecule has 0 bridgehead atoms. The van der Waals surface area contributed by atoms with Gasteiger partial charge in [0.1, 0.15) is 0 Å². The zero-order valence-corrected chi connectivity index (χ0v) is 24.9. The van der Waals surface area contributed by atoms with Crippen LogP contribution >= 0.6 is 0 Å². The second-order valence-corrected chi connectivity index (χ2v) is 14.3. The molecule has 1 heteroatoms. The van der Waals surface area contributed by atoms with Crippen molar-refractivity contribution in [1.82, 2.24) is 4.57 Å². The SMILES string of the molecule is CC(C)(C)c1cc(-c2cc3c4c(c2)c2cc5ccccc5cc2n4C2C=c4ccccc4=CC32)cc(C(C)(C)C)c1. The molecule has 1 aliphatic heterocycles. The van der Waals surface area contributed by atoms with Gasteiger partial charge in [-0.2, -0.15) is 0 Å². The van der Waals surface area contributed by atoms with Crippen LogP contribution < -0.4 is 10.4 Å². The van der Waals surface area contributed by atoms with Gasteiger partial charge in [-0.05, 0) is 84.1 Å². The molecular formula is C40H37N. The smallest absolute Gasteiger partial charge is 0.0636 e. The van der Waals surface area contributed by atoms with E-state index in [9.17, 15) is 0 Å². The predicted octanol–water partition coefficient (Wildman–Crippen LogP) is 9.12. The van der Waals surface area contributed by atoms with Crippen LogP contribution in [0.1, 0.15) is 70.2 Å². The van der Waals surface area contributed by atoms with Gasteiger partial charge in [0.2, 0.25) is 0 Å². The summed E-state index contributed by atoms with van der Waals surface area (Å²) in [5.41, 5.74) is 9.79. The highest BCUT2D eigenvalue weighted by atomic mass is 15.0.